The Morgan fingerprint density at radius 2 is 1.70 bits per heavy atom. The van der Waals surface area contributed by atoms with Gasteiger partial charge in [0.15, 0.2) is 6.61 Å². The Bertz CT molecular complexity index is 1030. The lowest BCUT2D eigenvalue weighted by Gasteiger charge is -2.09. The van der Waals surface area contributed by atoms with Crippen molar-refractivity contribution in [3.8, 4) is 5.75 Å². The minimum absolute atomic E-state index is 0.159. The Balaban J connectivity index is 1.50. The lowest BCUT2D eigenvalue weighted by molar-refractivity contribution is -0.129. The first-order valence-electron chi connectivity index (χ1n) is 8.08. The predicted molar refractivity (Wildman–Crippen MR) is 104 cm³/mol. The molecule has 0 fully saturated rings. The van der Waals surface area contributed by atoms with Crippen molar-refractivity contribution in [1.82, 2.24) is 15.8 Å². The van der Waals surface area contributed by atoms with E-state index in [1.807, 2.05) is 18.2 Å². The summed E-state index contributed by atoms with van der Waals surface area (Å²) >= 11 is 3.30. The normalized spacial score (nSPS) is 10.4. The molecule has 3 aromatic rings. The third-order valence-electron chi connectivity index (χ3n) is 3.71. The van der Waals surface area contributed by atoms with E-state index in [1.165, 1.54) is 0 Å². The SMILES string of the molecule is O=C(COc1ccc(Br)cc1)NNC(=O)Cc1cc2ccccc2[nH]c1=O. The molecule has 0 saturated carbocycles. The molecule has 0 aliphatic heterocycles. The number of nitrogens with one attached hydrogen (secondary N) is 3. The quantitative estimate of drug-likeness (QED) is 0.540. The van der Waals surface area contributed by atoms with Crippen molar-refractivity contribution in [3.63, 3.8) is 0 Å². The van der Waals surface area contributed by atoms with Crippen LogP contribution in [-0.2, 0) is 16.0 Å². The molecular formula is C19H16BrN3O4. The van der Waals surface area contributed by atoms with E-state index in [9.17, 15) is 14.4 Å². The van der Waals surface area contributed by atoms with Gasteiger partial charge < -0.3 is 9.72 Å². The van der Waals surface area contributed by atoms with Gasteiger partial charge in [0.1, 0.15) is 5.75 Å². The van der Waals surface area contributed by atoms with Gasteiger partial charge in [-0.15, -0.1) is 0 Å². The van der Waals surface area contributed by atoms with Crippen LogP contribution in [0.3, 0.4) is 0 Å². The molecule has 0 atom stereocenters. The van der Waals surface area contributed by atoms with E-state index in [-0.39, 0.29) is 18.6 Å². The summed E-state index contributed by atoms with van der Waals surface area (Å²) in [6.07, 6.45) is -0.159. The van der Waals surface area contributed by atoms with Crippen molar-refractivity contribution < 1.29 is 14.3 Å². The number of pyridine rings is 1. The fraction of sp³-hybridized carbons (Fsp3) is 0.105. The van der Waals surface area contributed by atoms with E-state index >= 15 is 0 Å². The standard InChI is InChI=1S/C19H16BrN3O4/c20-14-5-7-15(8-6-14)27-11-18(25)23-22-17(24)10-13-9-12-3-1-2-4-16(12)21-19(13)26/h1-9H,10-11H2,(H,21,26)(H,22,24)(H,23,25). The second kappa shape index (κ2) is 8.50. The highest BCUT2D eigenvalue weighted by Crippen LogP contribution is 2.15. The molecule has 2 aromatic carbocycles. The van der Waals surface area contributed by atoms with Gasteiger partial charge in [0.2, 0.25) is 5.91 Å². The minimum atomic E-state index is -0.515. The summed E-state index contributed by atoms with van der Waals surface area (Å²) in [7, 11) is 0. The summed E-state index contributed by atoms with van der Waals surface area (Å²) in [5.41, 5.74) is 5.20. The second-order valence-electron chi connectivity index (χ2n) is 5.73. The Kier molecular flexibility index (Phi) is 5.87. The number of aromatic amines is 1. The van der Waals surface area contributed by atoms with Gasteiger partial charge in [0.25, 0.3) is 11.5 Å². The number of benzene rings is 2. The highest BCUT2D eigenvalue weighted by molar-refractivity contribution is 9.10. The zero-order valence-electron chi connectivity index (χ0n) is 14.1. The van der Waals surface area contributed by atoms with Crippen LogP contribution in [0.15, 0.2) is 63.9 Å². The maximum absolute atomic E-state index is 12.0. The lowest BCUT2D eigenvalue weighted by Crippen LogP contribution is -2.44. The number of rotatable bonds is 5. The van der Waals surface area contributed by atoms with Gasteiger partial charge in [0, 0.05) is 15.6 Å². The van der Waals surface area contributed by atoms with Gasteiger partial charge in [-0.05, 0) is 41.8 Å². The maximum Gasteiger partial charge on any atom is 0.276 e. The molecule has 1 aromatic heterocycles. The smallest absolute Gasteiger partial charge is 0.276 e. The van der Waals surface area contributed by atoms with Crippen LogP contribution < -0.4 is 21.1 Å². The number of hydrogen-bond acceptors (Lipinski definition) is 4. The molecule has 0 bridgehead atoms. The van der Waals surface area contributed by atoms with Crippen LogP contribution in [0.1, 0.15) is 5.56 Å². The first-order chi connectivity index (χ1) is 13.0. The molecule has 3 N–H and O–H groups in total. The summed E-state index contributed by atoms with van der Waals surface area (Å²) < 4.78 is 6.20. The molecule has 138 valence electrons. The van der Waals surface area contributed by atoms with Gasteiger partial charge in [0.05, 0.1) is 6.42 Å². The van der Waals surface area contributed by atoms with Gasteiger partial charge in [-0.25, -0.2) is 0 Å². The highest BCUT2D eigenvalue weighted by atomic mass is 79.9. The van der Waals surface area contributed by atoms with Gasteiger partial charge >= 0.3 is 0 Å². The third kappa shape index (κ3) is 5.18. The molecule has 0 aliphatic rings. The number of amides is 2. The van der Waals surface area contributed by atoms with E-state index in [1.54, 1.807) is 36.4 Å². The van der Waals surface area contributed by atoms with Crippen molar-refractivity contribution >= 4 is 38.6 Å². The van der Waals surface area contributed by atoms with Crippen molar-refractivity contribution in [2.24, 2.45) is 0 Å². The molecule has 0 unspecified atom stereocenters. The molecule has 7 nitrogen and oxygen atoms in total. The molecule has 0 aliphatic carbocycles. The van der Waals surface area contributed by atoms with Crippen LogP contribution in [0.4, 0.5) is 0 Å². The number of para-hydroxylation sites is 1. The monoisotopic (exact) mass is 429 g/mol. The summed E-state index contributed by atoms with van der Waals surface area (Å²) in [6, 6.07) is 15.9. The molecule has 27 heavy (non-hydrogen) atoms. The van der Waals surface area contributed by atoms with Crippen LogP contribution in [0, 0.1) is 0 Å². The number of hydrazine groups is 1. The molecule has 2 amide bonds. The zero-order valence-corrected chi connectivity index (χ0v) is 15.7. The van der Waals surface area contributed by atoms with Gasteiger partial charge in [-0.2, -0.15) is 0 Å². The van der Waals surface area contributed by atoms with E-state index in [4.69, 9.17) is 4.74 Å². The molecule has 0 radical (unpaired) electrons. The number of carbonyl (C=O) groups is 2. The first-order valence-corrected chi connectivity index (χ1v) is 8.87. The van der Waals surface area contributed by atoms with Crippen LogP contribution in [0.25, 0.3) is 10.9 Å². The van der Waals surface area contributed by atoms with Crippen LogP contribution in [0.2, 0.25) is 0 Å². The van der Waals surface area contributed by atoms with Crippen molar-refractivity contribution in [1.29, 1.82) is 0 Å². The van der Waals surface area contributed by atoms with Crippen molar-refractivity contribution in [2.75, 3.05) is 6.61 Å². The molecule has 0 spiro atoms. The molecule has 3 rings (SSSR count). The number of ether oxygens (including phenoxy) is 1. The number of carbonyl (C=O) groups excluding carboxylic acids is 2. The topological polar surface area (TPSA) is 100 Å². The summed E-state index contributed by atoms with van der Waals surface area (Å²) in [4.78, 5) is 38.5. The molecule has 8 heteroatoms. The molecule has 0 saturated heterocycles. The first kappa shape index (κ1) is 18.7. The Labute approximate surface area is 162 Å². The average Bonchev–Trinajstić information content (AvgIpc) is 2.66. The van der Waals surface area contributed by atoms with E-state index in [2.05, 4.69) is 31.8 Å². The summed E-state index contributed by atoms with van der Waals surface area (Å²) in [5.74, 6) is -0.492. The Hall–Kier alpha value is -3.13. The van der Waals surface area contributed by atoms with E-state index in [0.29, 0.717) is 16.8 Å². The largest absolute Gasteiger partial charge is 0.484 e. The lowest BCUT2D eigenvalue weighted by atomic mass is 10.1. The number of H-pyrrole nitrogens is 1. The fourth-order valence-corrected chi connectivity index (χ4v) is 2.66. The van der Waals surface area contributed by atoms with E-state index < -0.39 is 11.8 Å². The molecular weight excluding hydrogens is 414 g/mol. The molecule has 1 heterocycles. The third-order valence-corrected chi connectivity index (χ3v) is 4.23. The average molecular weight is 430 g/mol. The van der Waals surface area contributed by atoms with Crippen molar-refractivity contribution in [2.45, 2.75) is 6.42 Å². The predicted octanol–water partition coefficient (Wildman–Crippen LogP) is 2.06. The Morgan fingerprint density at radius 1 is 1.00 bits per heavy atom. The number of aromatic nitrogens is 1. The van der Waals surface area contributed by atoms with Crippen LogP contribution in [-0.4, -0.2) is 23.4 Å². The van der Waals surface area contributed by atoms with Gasteiger partial charge in [-0.3, -0.25) is 25.2 Å². The van der Waals surface area contributed by atoms with Crippen LogP contribution in [0.5, 0.6) is 5.75 Å². The fourth-order valence-electron chi connectivity index (χ4n) is 2.40. The maximum atomic E-state index is 12.0. The number of fused-ring (bicyclic) bond motifs is 1. The minimum Gasteiger partial charge on any atom is -0.484 e. The Morgan fingerprint density at radius 3 is 2.48 bits per heavy atom. The highest BCUT2D eigenvalue weighted by Gasteiger charge is 2.10. The van der Waals surface area contributed by atoms with Crippen LogP contribution >= 0.6 is 15.9 Å². The zero-order chi connectivity index (χ0) is 19.2. The number of hydrogen-bond donors (Lipinski definition) is 3. The van der Waals surface area contributed by atoms with E-state index in [0.717, 1.165) is 9.86 Å². The summed E-state index contributed by atoms with van der Waals surface area (Å²) in [5, 5.41) is 0.826. The van der Waals surface area contributed by atoms with Crippen molar-refractivity contribution in [3.05, 3.63) is 75.0 Å². The second-order valence-corrected chi connectivity index (χ2v) is 6.64. The number of halogens is 1. The van der Waals surface area contributed by atoms with Gasteiger partial charge in [-0.1, -0.05) is 34.1 Å². The summed E-state index contributed by atoms with van der Waals surface area (Å²) in [6.45, 7) is -0.252.